The molecule has 3 rings (SSSR count). The molecule has 4 atom stereocenters. The number of halogens is 1. The zero-order valence-corrected chi connectivity index (χ0v) is 17.7. The number of esters is 3. The summed E-state index contributed by atoms with van der Waals surface area (Å²) in [5, 5.41) is 0. The molecule has 1 N–H and O–H groups in total. The van der Waals surface area contributed by atoms with Crippen molar-refractivity contribution in [2.45, 2.75) is 37.9 Å². The third-order valence-corrected chi connectivity index (χ3v) is 4.86. The van der Waals surface area contributed by atoms with E-state index in [2.05, 4.69) is 0 Å². The molecule has 12 heteroatoms. The molecule has 1 aromatic carbocycles. The number of alkyl halides is 1. The molecule has 0 amide bonds. The topological polar surface area (TPSA) is 143 Å². The summed E-state index contributed by atoms with van der Waals surface area (Å²) in [5.41, 5.74) is -3.58. The minimum Gasteiger partial charge on any atom is -0.459 e. The first kappa shape index (κ1) is 23.9. The predicted molar refractivity (Wildman–Crippen MR) is 108 cm³/mol. The van der Waals surface area contributed by atoms with Gasteiger partial charge in [-0.25, -0.2) is 14.0 Å². The van der Waals surface area contributed by atoms with Gasteiger partial charge in [0.25, 0.3) is 5.56 Å². The van der Waals surface area contributed by atoms with E-state index >= 15 is 0 Å². The Kier molecular flexibility index (Phi) is 7.07. The van der Waals surface area contributed by atoms with Crippen LogP contribution in [0.4, 0.5) is 4.39 Å². The lowest BCUT2D eigenvalue weighted by Crippen LogP contribution is -2.52. The molecule has 0 unspecified atom stereocenters. The van der Waals surface area contributed by atoms with Crippen molar-refractivity contribution in [1.82, 2.24) is 9.55 Å². The molecule has 11 nitrogen and oxygen atoms in total. The molecule has 33 heavy (non-hydrogen) atoms. The van der Waals surface area contributed by atoms with Crippen molar-refractivity contribution in [3.8, 4) is 0 Å². The fourth-order valence-electron chi connectivity index (χ4n) is 3.44. The van der Waals surface area contributed by atoms with Gasteiger partial charge in [-0.05, 0) is 12.1 Å². The van der Waals surface area contributed by atoms with Crippen LogP contribution in [-0.2, 0) is 28.5 Å². The Morgan fingerprint density at radius 3 is 2.33 bits per heavy atom. The largest absolute Gasteiger partial charge is 0.459 e. The standard InChI is InChI=1S/C21H21FN2O9/c1-12(25)31-16-17(32-13(2)26)21(10-22,11-30-19(28)14-6-4-3-5-7-14)33-18(16)24-9-8-15(27)23-20(24)29/h3-9,16-18H,10-11H2,1-2H3,(H,23,27,29)/t16-,17+,18-,21-/m1/s1. The molecule has 1 aliphatic rings. The van der Waals surface area contributed by atoms with Gasteiger partial charge in [0, 0.05) is 26.1 Å². The summed E-state index contributed by atoms with van der Waals surface area (Å²) < 4.78 is 36.8. The Morgan fingerprint density at radius 1 is 1.09 bits per heavy atom. The van der Waals surface area contributed by atoms with Gasteiger partial charge in [-0.3, -0.25) is 23.9 Å². The Labute approximate surface area is 186 Å². The van der Waals surface area contributed by atoms with Crippen molar-refractivity contribution in [1.29, 1.82) is 0 Å². The number of hydrogen-bond acceptors (Lipinski definition) is 9. The van der Waals surface area contributed by atoms with Crippen LogP contribution in [0.1, 0.15) is 30.4 Å². The van der Waals surface area contributed by atoms with Crippen LogP contribution in [0.3, 0.4) is 0 Å². The summed E-state index contributed by atoms with van der Waals surface area (Å²) in [6.07, 6.45) is -3.54. The summed E-state index contributed by atoms with van der Waals surface area (Å²) in [4.78, 5) is 61.7. The maximum Gasteiger partial charge on any atom is 0.338 e. The number of carbonyl (C=O) groups excluding carboxylic acids is 3. The molecule has 0 bridgehead atoms. The lowest BCUT2D eigenvalue weighted by molar-refractivity contribution is -0.173. The SMILES string of the molecule is CC(=O)O[C@H]1[C@H](n2ccc(=O)[nH]c2=O)O[C@](CF)(COC(=O)c2ccccc2)[C@H]1OC(C)=O. The van der Waals surface area contributed by atoms with Crippen LogP contribution in [0.2, 0.25) is 0 Å². The molecular weight excluding hydrogens is 443 g/mol. The van der Waals surface area contributed by atoms with E-state index in [1.807, 2.05) is 4.98 Å². The van der Waals surface area contributed by atoms with Crippen LogP contribution in [0, 0.1) is 0 Å². The van der Waals surface area contributed by atoms with E-state index < -0.39 is 66.5 Å². The van der Waals surface area contributed by atoms with Gasteiger partial charge in [0.1, 0.15) is 13.3 Å². The molecule has 1 fully saturated rings. The number of nitrogens with one attached hydrogen (secondary N) is 1. The van der Waals surface area contributed by atoms with Crippen molar-refractivity contribution in [2.24, 2.45) is 0 Å². The fraction of sp³-hybridized carbons (Fsp3) is 0.381. The first-order valence-corrected chi connectivity index (χ1v) is 9.79. The highest BCUT2D eigenvalue weighted by Crippen LogP contribution is 2.41. The van der Waals surface area contributed by atoms with Crippen LogP contribution in [0.25, 0.3) is 0 Å². The van der Waals surface area contributed by atoms with E-state index in [-0.39, 0.29) is 5.56 Å². The van der Waals surface area contributed by atoms with Crippen LogP contribution in [0.15, 0.2) is 52.2 Å². The maximum atomic E-state index is 14.5. The van der Waals surface area contributed by atoms with Gasteiger partial charge >= 0.3 is 23.6 Å². The average molecular weight is 464 g/mol. The number of aromatic amines is 1. The van der Waals surface area contributed by atoms with Crippen LogP contribution in [0.5, 0.6) is 0 Å². The molecule has 1 aromatic heterocycles. The first-order valence-electron chi connectivity index (χ1n) is 9.79. The minimum atomic E-state index is -2.11. The van der Waals surface area contributed by atoms with Crippen LogP contribution in [-0.4, -0.2) is 58.5 Å². The normalized spacial score (nSPS) is 24.2. The van der Waals surface area contributed by atoms with Gasteiger partial charge in [0.05, 0.1) is 5.56 Å². The molecule has 2 heterocycles. The van der Waals surface area contributed by atoms with E-state index in [0.29, 0.717) is 0 Å². The van der Waals surface area contributed by atoms with Crippen LogP contribution < -0.4 is 11.2 Å². The van der Waals surface area contributed by atoms with Crippen LogP contribution >= 0.6 is 0 Å². The van der Waals surface area contributed by atoms with Gasteiger partial charge < -0.3 is 18.9 Å². The minimum absolute atomic E-state index is 0.179. The molecule has 0 spiro atoms. The second-order valence-electron chi connectivity index (χ2n) is 7.27. The zero-order valence-electron chi connectivity index (χ0n) is 17.7. The number of aromatic nitrogens is 2. The van der Waals surface area contributed by atoms with Crippen molar-refractivity contribution < 1.29 is 37.7 Å². The Morgan fingerprint density at radius 2 is 1.76 bits per heavy atom. The van der Waals surface area contributed by atoms with E-state index in [4.69, 9.17) is 18.9 Å². The fourth-order valence-corrected chi connectivity index (χ4v) is 3.44. The lowest BCUT2D eigenvalue weighted by Gasteiger charge is -2.31. The summed E-state index contributed by atoms with van der Waals surface area (Å²) in [5.74, 6) is -2.50. The number of rotatable bonds is 7. The maximum absolute atomic E-state index is 14.5. The molecule has 0 aliphatic carbocycles. The average Bonchev–Trinajstić information content (AvgIpc) is 3.05. The van der Waals surface area contributed by atoms with Gasteiger partial charge in [0.15, 0.2) is 24.0 Å². The van der Waals surface area contributed by atoms with Crippen molar-refractivity contribution in [3.05, 3.63) is 69.0 Å². The molecule has 176 valence electrons. The second-order valence-corrected chi connectivity index (χ2v) is 7.27. The highest BCUT2D eigenvalue weighted by atomic mass is 19.1. The quantitative estimate of drug-likeness (QED) is 0.457. The molecule has 1 aliphatic heterocycles. The highest BCUT2D eigenvalue weighted by Gasteiger charge is 2.61. The zero-order chi connectivity index (χ0) is 24.2. The van der Waals surface area contributed by atoms with E-state index in [1.54, 1.807) is 18.2 Å². The third-order valence-electron chi connectivity index (χ3n) is 4.86. The van der Waals surface area contributed by atoms with Gasteiger partial charge in [-0.2, -0.15) is 0 Å². The number of ether oxygens (including phenoxy) is 4. The number of carbonyl (C=O) groups is 3. The van der Waals surface area contributed by atoms with Crippen molar-refractivity contribution in [2.75, 3.05) is 13.3 Å². The smallest absolute Gasteiger partial charge is 0.338 e. The highest BCUT2D eigenvalue weighted by molar-refractivity contribution is 5.89. The first-order chi connectivity index (χ1) is 15.7. The monoisotopic (exact) mass is 464 g/mol. The number of nitrogens with zero attached hydrogens (tertiary/aromatic N) is 1. The van der Waals surface area contributed by atoms with Crippen molar-refractivity contribution in [3.63, 3.8) is 0 Å². The molecule has 0 saturated carbocycles. The van der Waals surface area contributed by atoms with E-state index in [9.17, 15) is 28.4 Å². The van der Waals surface area contributed by atoms with E-state index in [0.717, 1.165) is 30.7 Å². The molecule has 0 radical (unpaired) electrons. The van der Waals surface area contributed by atoms with Gasteiger partial charge in [-0.15, -0.1) is 0 Å². The summed E-state index contributed by atoms with van der Waals surface area (Å²) in [6.45, 7) is 0.0344. The summed E-state index contributed by atoms with van der Waals surface area (Å²) in [7, 11) is 0. The Hall–Kier alpha value is -3.80. The number of H-pyrrole nitrogens is 1. The Balaban J connectivity index is 2.01. The molecule has 1 saturated heterocycles. The molecular formula is C21H21FN2O9. The predicted octanol–water partition coefficient (Wildman–Crippen LogP) is 0.494. The third kappa shape index (κ3) is 5.17. The number of hydrogen-bond donors (Lipinski definition) is 1. The van der Waals surface area contributed by atoms with Gasteiger partial charge in [-0.1, -0.05) is 18.2 Å². The Bertz CT molecular complexity index is 1150. The lowest BCUT2D eigenvalue weighted by atomic mass is 9.96. The van der Waals surface area contributed by atoms with Gasteiger partial charge in [0.2, 0.25) is 0 Å². The van der Waals surface area contributed by atoms with Crippen molar-refractivity contribution >= 4 is 17.9 Å². The van der Waals surface area contributed by atoms with E-state index in [1.165, 1.54) is 12.1 Å². The second kappa shape index (κ2) is 9.77. The summed E-state index contributed by atoms with van der Waals surface area (Å²) >= 11 is 0. The summed E-state index contributed by atoms with van der Waals surface area (Å²) in [6, 6.07) is 8.85. The number of benzene rings is 1. The molecule has 2 aromatic rings.